The second-order valence-electron chi connectivity index (χ2n) is 8.11. The highest BCUT2D eigenvalue weighted by Crippen LogP contribution is 2.43. The predicted octanol–water partition coefficient (Wildman–Crippen LogP) is 3.40. The highest BCUT2D eigenvalue weighted by Gasteiger charge is 2.56. The Morgan fingerprint density at radius 2 is 1.73 bits per heavy atom. The van der Waals surface area contributed by atoms with Crippen molar-refractivity contribution in [3.63, 3.8) is 0 Å². The van der Waals surface area contributed by atoms with Gasteiger partial charge in [-0.2, -0.15) is 0 Å². The molecule has 3 atom stereocenters. The molecule has 2 aromatic rings. The smallest absolute Gasteiger partial charge is 0.319 e. The Balaban J connectivity index is 1.80. The van der Waals surface area contributed by atoms with Gasteiger partial charge in [0.1, 0.15) is 17.3 Å². The lowest BCUT2D eigenvalue weighted by Crippen LogP contribution is -2.44. The summed E-state index contributed by atoms with van der Waals surface area (Å²) in [4.78, 5) is 38.7. The Morgan fingerprint density at radius 3 is 2.33 bits per heavy atom. The predicted molar refractivity (Wildman–Crippen MR) is 112 cm³/mol. The number of esters is 1. The molecule has 6 nitrogen and oxygen atoms in total. The van der Waals surface area contributed by atoms with Crippen molar-refractivity contribution in [1.29, 1.82) is 0 Å². The molecule has 0 radical (unpaired) electrons. The first-order valence-corrected chi connectivity index (χ1v) is 9.97. The topological polar surface area (TPSA) is 81.7 Å². The van der Waals surface area contributed by atoms with Crippen LogP contribution in [0.5, 0.6) is 5.75 Å². The zero-order chi connectivity index (χ0) is 21.9. The SMILES string of the molecule is COc1ccc(C(=O)[C@@H](C)[C@@H]2[C@H](C(=O)NCc3ccccc3)C(=O)OC2(C)C)cc1. The van der Waals surface area contributed by atoms with E-state index >= 15 is 0 Å². The maximum Gasteiger partial charge on any atom is 0.319 e. The minimum absolute atomic E-state index is 0.144. The summed E-state index contributed by atoms with van der Waals surface area (Å²) in [6.45, 7) is 5.55. The van der Waals surface area contributed by atoms with Crippen LogP contribution in [0.1, 0.15) is 36.7 Å². The fourth-order valence-corrected chi connectivity index (χ4v) is 4.18. The van der Waals surface area contributed by atoms with Crippen molar-refractivity contribution in [2.75, 3.05) is 7.11 Å². The van der Waals surface area contributed by atoms with Crippen LogP contribution in [0.2, 0.25) is 0 Å². The maximum absolute atomic E-state index is 13.1. The number of benzene rings is 2. The van der Waals surface area contributed by atoms with E-state index in [1.54, 1.807) is 52.1 Å². The van der Waals surface area contributed by atoms with E-state index in [1.165, 1.54) is 0 Å². The first-order chi connectivity index (χ1) is 14.2. The summed E-state index contributed by atoms with van der Waals surface area (Å²) in [5.74, 6) is -2.73. The van der Waals surface area contributed by atoms with Gasteiger partial charge in [-0.05, 0) is 43.7 Å². The van der Waals surface area contributed by atoms with Crippen LogP contribution in [-0.4, -0.2) is 30.4 Å². The quantitative estimate of drug-likeness (QED) is 0.431. The third kappa shape index (κ3) is 4.37. The molecule has 0 unspecified atom stereocenters. The fraction of sp³-hybridized carbons (Fsp3) is 0.375. The largest absolute Gasteiger partial charge is 0.497 e. The molecule has 30 heavy (non-hydrogen) atoms. The average molecular weight is 409 g/mol. The molecule has 2 aromatic carbocycles. The van der Waals surface area contributed by atoms with Crippen molar-refractivity contribution < 1.29 is 23.9 Å². The molecule has 0 aliphatic carbocycles. The summed E-state index contributed by atoms with van der Waals surface area (Å²) in [7, 11) is 1.56. The fourth-order valence-electron chi connectivity index (χ4n) is 4.18. The number of amides is 1. The van der Waals surface area contributed by atoms with E-state index in [2.05, 4.69) is 5.32 Å². The van der Waals surface area contributed by atoms with Crippen molar-refractivity contribution in [2.24, 2.45) is 17.8 Å². The number of hydrogen-bond donors (Lipinski definition) is 1. The van der Waals surface area contributed by atoms with Gasteiger partial charge >= 0.3 is 5.97 Å². The van der Waals surface area contributed by atoms with Gasteiger partial charge in [0, 0.05) is 23.9 Å². The van der Waals surface area contributed by atoms with E-state index in [0.717, 1.165) is 5.56 Å². The lowest BCUT2D eigenvalue weighted by atomic mass is 9.72. The summed E-state index contributed by atoms with van der Waals surface area (Å²) in [6, 6.07) is 16.2. The van der Waals surface area contributed by atoms with E-state index in [0.29, 0.717) is 17.9 Å². The highest BCUT2D eigenvalue weighted by molar-refractivity contribution is 6.03. The van der Waals surface area contributed by atoms with Gasteiger partial charge in [0.25, 0.3) is 0 Å². The molecule has 0 spiro atoms. The van der Waals surface area contributed by atoms with Crippen molar-refractivity contribution in [3.05, 3.63) is 65.7 Å². The molecule has 3 rings (SSSR count). The number of cyclic esters (lactones) is 1. The van der Waals surface area contributed by atoms with Crippen molar-refractivity contribution in [2.45, 2.75) is 32.9 Å². The second-order valence-corrected chi connectivity index (χ2v) is 8.11. The molecule has 1 heterocycles. The van der Waals surface area contributed by atoms with E-state index in [4.69, 9.17) is 9.47 Å². The van der Waals surface area contributed by atoms with Gasteiger partial charge in [-0.25, -0.2) is 0 Å². The lowest BCUT2D eigenvalue weighted by Gasteiger charge is -2.31. The second kappa shape index (κ2) is 8.69. The molecule has 1 N–H and O–H groups in total. The highest BCUT2D eigenvalue weighted by atomic mass is 16.6. The number of methoxy groups -OCH3 is 1. The number of carbonyl (C=O) groups is 3. The van der Waals surface area contributed by atoms with Gasteiger partial charge in [-0.1, -0.05) is 37.3 Å². The van der Waals surface area contributed by atoms with Gasteiger partial charge in [0.15, 0.2) is 5.78 Å². The number of Topliss-reactive ketones (excluding diaryl/α,β-unsaturated/α-hetero) is 1. The first-order valence-electron chi connectivity index (χ1n) is 9.97. The summed E-state index contributed by atoms with van der Waals surface area (Å²) in [6.07, 6.45) is 0. The van der Waals surface area contributed by atoms with Crippen LogP contribution in [0, 0.1) is 17.8 Å². The lowest BCUT2D eigenvalue weighted by molar-refractivity contribution is -0.150. The molecule has 0 bridgehead atoms. The van der Waals surface area contributed by atoms with Crippen LogP contribution < -0.4 is 10.1 Å². The molecule has 1 aliphatic heterocycles. The third-order valence-electron chi connectivity index (χ3n) is 5.70. The van der Waals surface area contributed by atoms with Gasteiger partial charge < -0.3 is 14.8 Å². The number of ketones is 1. The van der Waals surface area contributed by atoms with E-state index in [1.807, 2.05) is 30.3 Å². The Morgan fingerprint density at radius 1 is 1.10 bits per heavy atom. The summed E-state index contributed by atoms with van der Waals surface area (Å²) < 4.78 is 10.7. The Hall–Kier alpha value is -3.15. The monoisotopic (exact) mass is 409 g/mol. The zero-order valence-corrected chi connectivity index (χ0v) is 17.7. The number of rotatable bonds is 7. The normalized spacial score (nSPS) is 20.9. The van der Waals surface area contributed by atoms with Crippen LogP contribution in [0.25, 0.3) is 0 Å². The third-order valence-corrected chi connectivity index (χ3v) is 5.70. The average Bonchev–Trinajstić information content (AvgIpc) is 2.99. The summed E-state index contributed by atoms with van der Waals surface area (Å²) in [5, 5.41) is 2.82. The van der Waals surface area contributed by atoms with E-state index < -0.39 is 35.2 Å². The molecular weight excluding hydrogens is 382 g/mol. The summed E-state index contributed by atoms with van der Waals surface area (Å²) >= 11 is 0. The molecule has 1 amide bonds. The van der Waals surface area contributed by atoms with Crippen LogP contribution in [0.3, 0.4) is 0 Å². The minimum atomic E-state index is -1.04. The molecular formula is C24H27NO5. The zero-order valence-electron chi connectivity index (χ0n) is 17.7. The molecule has 0 saturated carbocycles. The van der Waals surface area contributed by atoms with Gasteiger partial charge in [-0.15, -0.1) is 0 Å². The standard InChI is InChI=1S/C24H27NO5/c1-15(21(26)17-10-12-18(29-4)13-11-17)20-19(23(28)30-24(20,2)3)22(27)25-14-16-8-6-5-7-9-16/h5-13,15,19-20H,14H2,1-4H3,(H,25,27)/t15-,19+,20+/m0/s1. The Kier molecular flexibility index (Phi) is 6.25. The van der Waals surface area contributed by atoms with Gasteiger partial charge in [-0.3, -0.25) is 14.4 Å². The molecule has 6 heteroatoms. The maximum atomic E-state index is 13.1. The molecule has 1 saturated heterocycles. The van der Waals surface area contributed by atoms with Crippen molar-refractivity contribution in [1.82, 2.24) is 5.32 Å². The van der Waals surface area contributed by atoms with Crippen molar-refractivity contribution in [3.8, 4) is 5.75 Å². The molecule has 158 valence electrons. The van der Waals surface area contributed by atoms with Crippen LogP contribution >= 0.6 is 0 Å². The number of hydrogen-bond acceptors (Lipinski definition) is 5. The van der Waals surface area contributed by atoms with Crippen LogP contribution in [-0.2, 0) is 20.9 Å². The van der Waals surface area contributed by atoms with Crippen LogP contribution in [0.4, 0.5) is 0 Å². The number of ether oxygens (including phenoxy) is 2. The summed E-state index contributed by atoms with van der Waals surface area (Å²) in [5.41, 5.74) is 0.491. The molecule has 1 fully saturated rings. The first kappa shape index (κ1) is 21.6. The van der Waals surface area contributed by atoms with Gasteiger partial charge in [0.2, 0.25) is 5.91 Å². The van der Waals surface area contributed by atoms with Crippen LogP contribution in [0.15, 0.2) is 54.6 Å². The van der Waals surface area contributed by atoms with E-state index in [9.17, 15) is 14.4 Å². The van der Waals surface area contributed by atoms with E-state index in [-0.39, 0.29) is 5.78 Å². The van der Waals surface area contributed by atoms with Crippen molar-refractivity contribution >= 4 is 17.7 Å². The Labute approximate surface area is 176 Å². The number of nitrogens with one attached hydrogen (secondary N) is 1. The van der Waals surface area contributed by atoms with Gasteiger partial charge in [0.05, 0.1) is 7.11 Å². The minimum Gasteiger partial charge on any atom is -0.497 e. The molecule has 1 aliphatic rings. The Bertz CT molecular complexity index is 920. The number of carbonyl (C=O) groups excluding carboxylic acids is 3. The molecule has 0 aromatic heterocycles.